The molecule has 3 aromatic rings. The fraction of sp³-hybridized carbons (Fsp3) is 0.273. The third kappa shape index (κ3) is 4.04. The number of rotatable bonds is 5. The van der Waals surface area contributed by atoms with Crippen LogP contribution in [0.3, 0.4) is 0 Å². The average molecular weight is 402 g/mol. The standard InChI is InChI=1S/C22H21F3N2O2/c1-14-12-18(16(3)27(14)15(2)17-8-5-4-6-9-17)20(28)13-26-11-7-10-19(21(26)29)22(23,24)25/h4-12,15H,13H2,1-3H3. The second-order valence-corrected chi connectivity index (χ2v) is 7.02. The van der Waals surface area contributed by atoms with E-state index in [1.165, 1.54) is 6.20 Å². The molecule has 0 aliphatic carbocycles. The van der Waals surface area contributed by atoms with E-state index in [1.807, 2.05) is 48.7 Å². The summed E-state index contributed by atoms with van der Waals surface area (Å²) in [5, 5.41) is 0. The van der Waals surface area contributed by atoms with Gasteiger partial charge in [-0.05, 0) is 44.5 Å². The lowest BCUT2D eigenvalue weighted by atomic mass is 10.1. The number of nitrogens with zero attached hydrogens (tertiary/aromatic N) is 2. The van der Waals surface area contributed by atoms with Gasteiger partial charge in [0.05, 0.1) is 12.6 Å². The largest absolute Gasteiger partial charge is 0.421 e. The first-order valence-electron chi connectivity index (χ1n) is 9.14. The Bertz CT molecular complexity index is 1100. The summed E-state index contributed by atoms with van der Waals surface area (Å²) in [6, 6.07) is 13.3. The maximum absolute atomic E-state index is 13.0. The summed E-state index contributed by atoms with van der Waals surface area (Å²) in [5.41, 5.74) is 0.537. The van der Waals surface area contributed by atoms with Gasteiger partial charge in [0.25, 0.3) is 5.56 Å². The Morgan fingerprint density at radius 1 is 1.07 bits per heavy atom. The molecule has 2 heterocycles. The highest BCUT2D eigenvalue weighted by Crippen LogP contribution is 2.27. The van der Waals surface area contributed by atoms with Crippen molar-refractivity contribution in [2.75, 3.05) is 0 Å². The predicted octanol–water partition coefficient (Wildman–Crippen LogP) is 4.78. The first kappa shape index (κ1) is 20.6. The molecule has 29 heavy (non-hydrogen) atoms. The third-order valence-corrected chi connectivity index (χ3v) is 5.09. The van der Waals surface area contributed by atoms with Gasteiger partial charge in [0.2, 0.25) is 0 Å². The fourth-order valence-corrected chi connectivity index (χ4v) is 3.65. The summed E-state index contributed by atoms with van der Waals surface area (Å²) < 4.78 is 41.7. The lowest BCUT2D eigenvalue weighted by Crippen LogP contribution is -2.30. The molecule has 0 spiro atoms. The molecule has 0 amide bonds. The van der Waals surface area contributed by atoms with Crippen LogP contribution in [0.5, 0.6) is 0 Å². The molecule has 2 aromatic heterocycles. The molecule has 0 N–H and O–H groups in total. The molecule has 1 atom stereocenters. The Balaban J connectivity index is 1.93. The number of carbonyl (C=O) groups is 1. The fourth-order valence-electron chi connectivity index (χ4n) is 3.65. The molecule has 3 rings (SSSR count). The van der Waals surface area contributed by atoms with E-state index in [-0.39, 0.29) is 6.04 Å². The quantitative estimate of drug-likeness (QED) is 0.577. The van der Waals surface area contributed by atoms with E-state index in [0.29, 0.717) is 11.3 Å². The highest BCUT2D eigenvalue weighted by Gasteiger charge is 2.34. The Hall–Kier alpha value is -3.09. The zero-order valence-electron chi connectivity index (χ0n) is 16.3. The molecule has 1 unspecified atom stereocenters. The van der Waals surface area contributed by atoms with E-state index in [9.17, 15) is 22.8 Å². The van der Waals surface area contributed by atoms with Gasteiger partial charge in [-0.2, -0.15) is 13.2 Å². The second-order valence-electron chi connectivity index (χ2n) is 7.02. The maximum Gasteiger partial charge on any atom is 0.421 e. The lowest BCUT2D eigenvalue weighted by molar-refractivity contribution is -0.138. The van der Waals surface area contributed by atoms with Crippen molar-refractivity contribution < 1.29 is 18.0 Å². The van der Waals surface area contributed by atoms with Gasteiger partial charge in [0.1, 0.15) is 5.56 Å². The van der Waals surface area contributed by atoms with Gasteiger partial charge in [-0.25, -0.2) is 0 Å². The number of hydrogen-bond donors (Lipinski definition) is 0. The zero-order chi connectivity index (χ0) is 21.3. The summed E-state index contributed by atoms with van der Waals surface area (Å²) in [6.07, 6.45) is -3.56. The van der Waals surface area contributed by atoms with Crippen LogP contribution >= 0.6 is 0 Å². The average Bonchev–Trinajstić information content (AvgIpc) is 2.97. The Labute approximate surface area is 166 Å². The van der Waals surface area contributed by atoms with Gasteiger partial charge in [-0.15, -0.1) is 0 Å². The minimum Gasteiger partial charge on any atom is -0.341 e. The van der Waals surface area contributed by atoms with Crippen LogP contribution in [0.1, 0.15) is 45.8 Å². The van der Waals surface area contributed by atoms with Crippen LogP contribution in [0, 0.1) is 13.8 Å². The summed E-state index contributed by atoms with van der Waals surface area (Å²) in [5.74, 6) is -0.411. The molecule has 0 fully saturated rings. The van der Waals surface area contributed by atoms with Crippen LogP contribution in [0.15, 0.2) is 59.5 Å². The Morgan fingerprint density at radius 2 is 1.72 bits per heavy atom. The molecular weight excluding hydrogens is 381 g/mol. The van der Waals surface area contributed by atoms with Crippen molar-refractivity contribution in [2.45, 2.75) is 39.5 Å². The van der Waals surface area contributed by atoms with Crippen molar-refractivity contribution in [1.29, 1.82) is 0 Å². The monoisotopic (exact) mass is 402 g/mol. The van der Waals surface area contributed by atoms with Gasteiger partial charge in [0.15, 0.2) is 5.78 Å². The molecule has 0 aliphatic heterocycles. The maximum atomic E-state index is 13.0. The van der Waals surface area contributed by atoms with E-state index in [4.69, 9.17) is 0 Å². The van der Waals surface area contributed by atoms with Crippen LogP contribution in [0.25, 0.3) is 0 Å². The smallest absolute Gasteiger partial charge is 0.341 e. The molecule has 0 aliphatic rings. The zero-order valence-corrected chi connectivity index (χ0v) is 16.3. The highest BCUT2D eigenvalue weighted by atomic mass is 19.4. The van der Waals surface area contributed by atoms with Crippen molar-refractivity contribution in [3.63, 3.8) is 0 Å². The number of aryl methyl sites for hydroxylation is 1. The first-order chi connectivity index (χ1) is 13.6. The number of aromatic nitrogens is 2. The SMILES string of the molecule is Cc1cc(C(=O)Cn2cccc(C(F)(F)F)c2=O)c(C)n1C(C)c1ccccc1. The van der Waals surface area contributed by atoms with E-state index in [2.05, 4.69) is 0 Å². The lowest BCUT2D eigenvalue weighted by Gasteiger charge is -2.19. The molecule has 0 bridgehead atoms. The number of halogens is 3. The highest BCUT2D eigenvalue weighted by molar-refractivity contribution is 5.97. The van der Waals surface area contributed by atoms with Gasteiger partial charge < -0.3 is 9.13 Å². The molecule has 1 aromatic carbocycles. The van der Waals surface area contributed by atoms with Gasteiger partial charge in [-0.1, -0.05) is 30.3 Å². The second kappa shape index (κ2) is 7.73. The number of benzene rings is 1. The number of Topliss-reactive ketones (excluding diaryl/α,β-unsaturated/α-hetero) is 1. The van der Waals surface area contributed by atoms with E-state index in [1.54, 1.807) is 13.0 Å². The first-order valence-corrected chi connectivity index (χ1v) is 9.14. The summed E-state index contributed by atoms with van der Waals surface area (Å²) in [6.45, 7) is 5.24. The summed E-state index contributed by atoms with van der Waals surface area (Å²) in [7, 11) is 0. The van der Waals surface area contributed by atoms with Crippen LogP contribution in [0.2, 0.25) is 0 Å². The van der Waals surface area contributed by atoms with Crippen LogP contribution in [0.4, 0.5) is 13.2 Å². The summed E-state index contributed by atoms with van der Waals surface area (Å²) in [4.78, 5) is 24.9. The molecule has 152 valence electrons. The minimum atomic E-state index is -4.76. The number of pyridine rings is 1. The molecule has 0 saturated heterocycles. The molecule has 7 heteroatoms. The van der Waals surface area contributed by atoms with E-state index in [0.717, 1.165) is 28.0 Å². The van der Waals surface area contributed by atoms with Gasteiger partial charge in [0, 0.05) is 23.1 Å². The van der Waals surface area contributed by atoms with Gasteiger partial charge in [-0.3, -0.25) is 9.59 Å². The number of carbonyl (C=O) groups excluding carboxylic acids is 1. The number of ketones is 1. The van der Waals surface area contributed by atoms with Crippen LogP contribution < -0.4 is 5.56 Å². The number of hydrogen-bond acceptors (Lipinski definition) is 2. The van der Waals surface area contributed by atoms with Crippen molar-refractivity contribution in [1.82, 2.24) is 9.13 Å². The van der Waals surface area contributed by atoms with E-state index < -0.39 is 29.6 Å². The minimum absolute atomic E-state index is 0.0194. The van der Waals surface area contributed by atoms with Crippen LogP contribution in [-0.4, -0.2) is 14.9 Å². The van der Waals surface area contributed by atoms with Crippen molar-refractivity contribution in [3.8, 4) is 0 Å². The summed E-state index contributed by atoms with van der Waals surface area (Å²) >= 11 is 0. The topological polar surface area (TPSA) is 44.0 Å². The molecule has 0 radical (unpaired) electrons. The van der Waals surface area contributed by atoms with Gasteiger partial charge >= 0.3 is 6.18 Å². The molecular formula is C22H21F3N2O2. The van der Waals surface area contributed by atoms with Crippen LogP contribution in [-0.2, 0) is 12.7 Å². The third-order valence-electron chi connectivity index (χ3n) is 5.09. The molecule has 0 saturated carbocycles. The number of alkyl halides is 3. The van der Waals surface area contributed by atoms with Crippen molar-refractivity contribution >= 4 is 5.78 Å². The Kier molecular flexibility index (Phi) is 5.50. The normalized spacial score (nSPS) is 12.8. The molecule has 4 nitrogen and oxygen atoms in total. The predicted molar refractivity (Wildman–Crippen MR) is 104 cm³/mol. The van der Waals surface area contributed by atoms with E-state index >= 15 is 0 Å². The Morgan fingerprint density at radius 3 is 2.34 bits per heavy atom. The van der Waals surface area contributed by atoms with Crippen molar-refractivity contribution in [3.05, 3.63) is 93.2 Å². The van der Waals surface area contributed by atoms with Crippen molar-refractivity contribution in [2.24, 2.45) is 0 Å².